The van der Waals surface area contributed by atoms with E-state index in [2.05, 4.69) is 24.1 Å². The number of aromatic nitrogens is 1. The van der Waals surface area contributed by atoms with Gasteiger partial charge < -0.3 is 5.32 Å². The molecule has 3 nitrogen and oxygen atoms in total. The molecule has 0 radical (unpaired) electrons. The monoisotopic (exact) mass is 266 g/mol. The number of nitrogens with zero attached hydrogens (tertiary/aromatic N) is 1. The molecule has 0 aliphatic heterocycles. The van der Waals surface area contributed by atoms with Crippen LogP contribution in [-0.2, 0) is 0 Å². The molecule has 1 fully saturated rings. The number of hydrogen-bond donors (Lipinski definition) is 1. The van der Waals surface area contributed by atoms with Crippen molar-refractivity contribution >= 4 is 17.5 Å². The van der Waals surface area contributed by atoms with Crippen molar-refractivity contribution in [3.63, 3.8) is 0 Å². The maximum absolute atomic E-state index is 12.1. The standard InChI is InChI=1S/C14H19ClN2O/c1-3-10-7-8-11(9(10)2)17-14(18)12-5-4-6-13(15)16-12/h4-6,9-11H,3,7-8H2,1-2H3,(H,17,18). The molecule has 3 atom stereocenters. The Balaban J connectivity index is 2.00. The van der Waals surface area contributed by atoms with E-state index in [-0.39, 0.29) is 11.9 Å². The smallest absolute Gasteiger partial charge is 0.270 e. The van der Waals surface area contributed by atoms with Crippen LogP contribution in [-0.4, -0.2) is 16.9 Å². The zero-order valence-corrected chi connectivity index (χ0v) is 11.6. The summed E-state index contributed by atoms with van der Waals surface area (Å²) in [4.78, 5) is 16.1. The summed E-state index contributed by atoms with van der Waals surface area (Å²) in [5.74, 6) is 1.15. The summed E-state index contributed by atoms with van der Waals surface area (Å²) < 4.78 is 0. The topological polar surface area (TPSA) is 42.0 Å². The maximum atomic E-state index is 12.1. The second-order valence-corrected chi connectivity index (χ2v) is 5.42. The highest BCUT2D eigenvalue weighted by Gasteiger charge is 2.32. The Labute approximate surface area is 113 Å². The van der Waals surface area contributed by atoms with Gasteiger partial charge in [-0.25, -0.2) is 4.98 Å². The van der Waals surface area contributed by atoms with Gasteiger partial charge in [-0.1, -0.05) is 37.9 Å². The quantitative estimate of drug-likeness (QED) is 0.853. The first-order valence-electron chi connectivity index (χ1n) is 6.55. The highest BCUT2D eigenvalue weighted by molar-refractivity contribution is 6.29. The first-order chi connectivity index (χ1) is 8.61. The van der Waals surface area contributed by atoms with E-state index in [4.69, 9.17) is 11.6 Å². The second kappa shape index (κ2) is 5.70. The number of hydrogen-bond acceptors (Lipinski definition) is 2. The average molecular weight is 267 g/mol. The van der Waals surface area contributed by atoms with Crippen LogP contribution in [0.15, 0.2) is 18.2 Å². The van der Waals surface area contributed by atoms with Crippen molar-refractivity contribution in [3.05, 3.63) is 29.0 Å². The van der Waals surface area contributed by atoms with Crippen LogP contribution in [0.3, 0.4) is 0 Å². The van der Waals surface area contributed by atoms with Gasteiger partial charge in [-0.3, -0.25) is 4.79 Å². The fourth-order valence-corrected chi connectivity index (χ4v) is 2.97. The van der Waals surface area contributed by atoms with Crippen LogP contribution in [0.25, 0.3) is 0 Å². The predicted octanol–water partition coefficient (Wildman–Crippen LogP) is 3.29. The number of pyridine rings is 1. The average Bonchev–Trinajstić information content (AvgIpc) is 2.70. The number of carbonyl (C=O) groups is 1. The molecule has 0 spiro atoms. The molecule has 4 heteroatoms. The molecular formula is C14H19ClN2O. The molecule has 98 valence electrons. The van der Waals surface area contributed by atoms with Crippen LogP contribution in [0.2, 0.25) is 5.15 Å². The van der Waals surface area contributed by atoms with E-state index >= 15 is 0 Å². The molecule has 1 heterocycles. The summed E-state index contributed by atoms with van der Waals surface area (Å²) in [7, 11) is 0. The normalized spacial score (nSPS) is 27.2. The van der Waals surface area contributed by atoms with Gasteiger partial charge in [-0.15, -0.1) is 0 Å². The lowest BCUT2D eigenvalue weighted by Crippen LogP contribution is -2.37. The van der Waals surface area contributed by atoms with Crippen molar-refractivity contribution < 1.29 is 4.79 Å². The minimum atomic E-state index is -0.119. The minimum absolute atomic E-state index is 0.119. The summed E-state index contributed by atoms with van der Waals surface area (Å²) in [5, 5.41) is 3.43. The van der Waals surface area contributed by atoms with Crippen molar-refractivity contribution in [2.45, 2.75) is 39.2 Å². The van der Waals surface area contributed by atoms with Crippen LogP contribution in [0.5, 0.6) is 0 Å². The Morgan fingerprint density at radius 1 is 1.50 bits per heavy atom. The zero-order chi connectivity index (χ0) is 13.1. The third-order valence-electron chi connectivity index (χ3n) is 4.02. The lowest BCUT2D eigenvalue weighted by molar-refractivity contribution is 0.0921. The lowest BCUT2D eigenvalue weighted by Gasteiger charge is -2.20. The Morgan fingerprint density at radius 3 is 2.89 bits per heavy atom. The molecule has 18 heavy (non-hydrogen) atoms. The fraction of sp³-hybridized carbons (Fsp3) is 0.571. The van der Waals surface area contributed by atoms with Gasteiger partial charge in [0.05, 0.1) is 0 Å². The van der Waals surface area contributed by atoms with E-state index in [0.29, 0.717) is 16.8 Å². The zero-order valence-electron chi connectivity index (χ0n) is 10.8. The van der Waals surface area contributed by atoms with Gasteiger partial charge in [0.15, 0.2) is 0 Å². The van der Waals surface area contributed by atoms with E-state index in [1.165, 1.54) is 12.8 Å². The van der Waals surface area contributed by atoms with E-state index in [9.17, 15) is 4.79 Å². The van der Waals surface area contributed by atoms with E-state index in [1.807, 2.05) is 0 Å². The molecule has 0 bridgehead atoms. The van der Waals surface area contributed by atoms with Gasteiger partial charge in [0.25, 0.3) is 5.91 Å². The van der Waals surface area contributed by atoms with Gasteiger partial charge >= 0.3 is 0 Å². The van der Waals surface area contributed by atoms with Gasteiger partial charge in [0.1, 0.15) is 10.8 Å². The number of halogens is 1. The van der Waals surface area contributed by atoms with E-state index in [0.717, 1.165) is 12.3 Å². The van der Waals surface area contributed by atoms with Crippen LogP contribution in [0.1, 0.15) is 43.6 Å². The second-order valence-electron chi connectivity index (χ2n) is 5.03. The first kappa shape index (κ1) is 13.3. The van der Waals surface area contributed by atoms with Crippen molar-refractivity contribution in [3.8, 4) is 0 Å². The van der Waals surface area contributed by atoms with Crippen LogP contribution in [0, 0.1) is 11.8 Å². The highest BCUT2D eigenvalue weighted by atomic mass is 35.5. The highest BCUT2D eigenvalue weighted by Crippen LogP contribution is 2.33. The van der Waals surface area contributed by atoms with E-state index in [1.54, 1.807) is 18.2 Å². The van der Waals surface area contributed by atoms with Gasteiger partial charge in [-0.2, -0.15) is 0 Å². The predicted molar refractivity (Wildman–Crippen MR) is 72.7 cm³/mol. The molecule has 0 saturated heterocycles. The first-order valence-corrected chi connectivity index (χ1v) is 6.93. The van der Waals surface area contributed by atoms with Crippen LogP contribution >= 0.6 is 11.6 Å². The Kier molecular flexibility index (Phi) is 4.23. The molecule has 1 saturated carbocycles. The largest absolute Gasteiger partial charge is 0.348 e. The summed E-state index contributed by atoms with van der Waals surface area (Å²) in [6, 6.07) is 5.38. The minimum Gasteiger partial charge on any atom is -0.348 e. The number of carbonyl (C=O) groups excluding carboxylic acids is 1. The van der Waals surface area contributed by atoms with Gasteiger partial charge in [0.2, 0.25) is 0 Å². The number of rotatable bonds is 3. The summed E-state index contributed by atoms with van der Waals surface area (Å²) >= 11 is 5.79. The molecular weight excluding hydrogens is 248 g/mol. The van der Waals surface area contributed by atoms with Crippen molar-refractivity contribution in [2.24, 2.45) is 11.8 Å². The molecule has 1 aromatic rings. The lowest BCUT2D eigenvalue weighted by atomic mass is 9.93. The van der Waals surface area contributed by atoms with Crippen LogP contribution < -0.4 is 5.32 Å². The molecule has 0 aromatic carbocycles. The number of amides is 1. The van der Waals surface area contributed by atoms with Crippen molar-refractivity contribution in [1.82, 2.24) is 10.3 Å². The number of nitrogens with one attached hydrogen (secondary N) is 1. The molecule has 1 amide bonds. The summed E-state index contributed by atoms with van der Waals surface area (Å²) in [6.45, 7) is 4.43. The molecule has 1 N–H and O–H groups in total. The van der Waals surface area contributed by atoms with Crippen molar-refractivity contribution in [2.75, 3.05) is 0 Å². The Bertz CT molecular complexity index is 436. The molecule has 2 rings (SSSR count). The van der Waals surface area contributed by atoms with Crippen LogP contribution in [0.4, 0.5) is 0 Å². The fourth-order valence-electron chi connectivity index (χ4n) is 2.80. The Morgan fingerprint density at radius 2 is 2.28 bits per heavy atom. The van der Waals surface area contributed by atoms with Gasteiger partial charge in [0, 0.05) is 6.04 Å². The molecule has 3 unspecified atom stereocenters. The molecule has 1 aliphatic carbocycles. The summed E-state index contributed by atoms with van der Waals surface area (Å²) in [6.07, 6.45) is 3.44. The Hall–Kier alpha value is -1.09. The third-order valence-corrected chi connectivity index (χ3v) is 4.23. The third kappa shape index (κ3) is 2.83. The molecule has 1 aliphatic rings. The maximum Gasteiger partial charge on any atom is 0.270 e. The molecule has 1 aromatic heterocycles. The van der Waals surface area contributed by atoms with E-state index < -0.39 is 0 Å². The summed E-state index contributed by atoms with van der Waals surface area (Å²) in [5.41, 5.74) is 0.398. The van der Waals surface area contributed by atoms with Crippen molar-refractivity contribution in [1.29, 1.82) is 0 Å². The van der Waals surface area contributed by atoms with Gasteiger partial charge in [-0.05, 0) is 36.8 Å². The SMILES string of the molecule is CCC1CCC(NC(=O)c2cccc(Cl)n2)C1C.